The Hall–Kier alpha value is -1.88. The molecular weight excluding hydrogens is 256 g/mol. The zero-order chi connectivity index (χ0) is 15.1. The molecule has 1 aromatic carbocycles. The second-order valence-electron chi connectivity index (χ2n) is 4.90. The highest BCUT2D eigenvalue weighted by Gasteiger charge is 2.21. The van der Waals surface area contributed by atoms with E-state index < -0.39 is 0 Å². The maximum absolute atomic E-state index is 12.2. The highest BCUT2D eigenvalue weighted by Crippen LogP contribution is 2.18. The second-order valence-corrected chi connectivity index (χ2v) is 4.90. The molecule has 0 heterocycles. The van der Waals surface area contributed by atoms with E-state index in [2.05, 4.69) is 5.32 Å². The summed E-state index contributed by atoms with van der Waals surface area (Å²) < 4.78 is 0. The maximum atomic E-state index is 12.2. The average Bonchev–Trinajstić information content (AvgIpc) is 2.45. The Balaban J connectivity index is 2.80. The Morgan fingerprint density at radius 1 is 1.30 bits per heavy atom. The molecule has 0 aliphatic heterocycles. The summed E-state index contributed by atoms with van der Waals surface area (Å²) in [5.41, 5.74) is 0.890. The van der Waals surface area contributed by atoms with E-state index in [1.54, 1.807) is 14.0 Å². The summed E-state index contributed by atoms with van der Waals surface area (Å²) in [5, 5.41) is 11.9. The van der Waals surface area contributed by atoms with Crippen LogP contribution in [0.4, 0.5) is 0 Å². The van der Waals surface area contributed by atoms with Gasteiger partial charge in [0.2, 0.25) is 11.8 Å². The van der Waals surface area contributed by atoms with Gasteiger partial charge in [-0.05, 0) is 12.5 Å². The van der Waals surface area contributed by atoms with Crippen molar-refractivity contribution in [3.05, 3.63) is 35.9 Å². The van der Waals surface area contributed by atoms with E-state index in [1.165, 1.54) is 11.8 Å². The molecule has 110 valence electrons. The van der Waals surface area contributed by atoms with Gasteiger partial charge in [0.25, 0.3) is 0 Å². The fourth-order valence-electron chi connectivity index (χ4n) is 1.87. The summed E-state index contributed by atoms with van der Waals surface area (Å²) in [6.45, 7) is 3.12. The predicted molar refractivity (Wildman–Crippen MR) is 76.9 cm³/mol. The van der Waals surface area contributed by atoms with Crippen LogP contribution in [0.5, 0.6) is 0 Å². The van der Waals surface area contributed by atoms with Gasteiger partial charge in [-0.1, -0.05) is 30.3 Å². The number of carbonyl (C=O) groups excluding carboxylic acids is 2. The minimum atomic E-state index is -0.352. The van der Waals surface area contributed by atoms with E-state index in [0.717, 1.165) is 5.56 Å². The van der Waals surface area contributed by atoms with Crippen LogP contribution in [0, 0.1) is 0 Å². The van der Waals surface area contributed by atoms with Crippen LogP contribution in [0.2, 0.25) is 0 Å². The first kappa shape index (κ1) is 16.2. The van der Waals surface area contributed by atoms with Gasteiger partial charge in [0.1, 0.15) is 0 Å². The average molecular weight is 278 g/mol. The fraction of sp³-hybridized carbons (Fsp3) is 0.467. The molecule has 0 saturated carbocycles. The summed E-state index contributed by atoms with van der Waals surface area (Å²) in [6, 6.07) is 8.79. The van der Waals surface area contributed by atoms with Crippen molar-refractivity contribution in [1.29, 1.82) is 0 Å². The molecule has 5 nitrogen and oxygen atoms in total. The van der Waals surface area contributed by atoms with Gasteiger partial charge in [0.05, 0.1) is 25.1 Å². The third kappa shape index (κ3) is 4.66. The van der Waals surface area contributed by atoms with Crippen LogP contribution in [0.1, 0.15) is 31.9 Å². The number of nitrogens with one attached hydrogen (secondary N) is 1. The molecule has 2 atom stereocenters. The van der Waals surface area contributed by atoms with Crippen LogP contribution in [-0.2, 0) is 9.59 Å². The van der Waals surface area contributed by atoms with Gasteiger partial charge >= 0.3 is 0 Å². The summed E-state index contributed by atoms with van der Waals surface area (Å²) in [7, 11) is 1.65. The van der Waals surface area contributed by atoms with Gasteiger partial charge in [0.15, 0.2) is 0 Å². The molecule has 5 heteroatoms. The van der Waals surface area contributed by atoms with Gasteiger partial charge in [-0.3, -0.25) is 9.59 Å². The molecule has 1 aromatic rings. The first-order chi connectivity index (χ1) is 9.45. The molecule has 20 heavy (non-hydrogen) atoms. The normalized spacial score (nSPS) is 13.4. The predicted octanol–water partition coefficient (Wildman–Crippen LogP) is 1.09. The standard InChI is InChI=1S/C15H22N2O3/c1-11(10-18)17(3)15(20)9-14(16-12(2)19)13-7-5-4-6-8-13/h4-8,11,14,18H,9-10H2,1-3H3,(H,16,19). The van der Waals surface area contributed by atoms with Gasteiger partial charge in [-0.15, -0.1) is 0 Å². The Morgan fingerprint density at radius 2 is 1.90 bits per heavy atom. The van der Waals surface area contributed by atoms with Crippen LogP contribution in [0.25, 0.3) is 0 Å². The van der Waals surface area contributed by atoms with Crippen LogP contribution in [0.3, 0.4) is 0 Å². The number of hydrogen-bond acceptors (Lipinski definition) is 3. The third-order valence-electron chi connectivity index (χ3n) is 3.28. The molecule has 0 aliphatic rings. The lowest BCUT2D eigenvalue weighted by Gasteiger charge is -2.26. The SMILES string of the molecule is CC(=O)NC(CC(=O)N(C)C(C)CO)c1ccccc1. The Bertz CT molecular complexity index is 448. The molecule has 2 unspecified atom stereocenters. The van der Waals surface area contributed by atoms with Crippen molar-refractivity contribution in [3.8, 4) is 0 Å². The highest BCUT2D eigenvalue weighted by molar-refractivity contribution is 5.79. The lowest BCUT2D eigenvalue weighted by molar-refractivity contribution is -0.133. The molecule has 0 fully saturated rings. The zero-order valence-electron chi connectivity index (χ0n) is 12.2. The lowest BCUT2D eigenvalue weighted by atomic mass is 10.0. The second kappa shape index (κ2) is 7.65. The van der Waals surface area contributed by atoms with E-state index in [0.29, 0.717) is 0 Å². The van der Waals surface area contributed by atoms with Gasteiger partial charge in [-0.25, -0.2) is 0 Å². The number of aliphatic hydroxyl groups is 1. The molecule has 0 radical (unpaired) electrons. The van der Waals surface area contributed by atoms with Crippen LogP contribution >= 0.6 is 0 Å². The van der Waals surface area contributed by atoms with Crippen LogP contribution < -0.4 is 5.32 Å². The molecule has 0 aliphatic carbocycles. The summed E-state index contributed by atoms with van der Waals surface area (Å²) in [5.74, 6) is -0.293. The first-order valence-corrected chi connectivity index (χ1v) is 6.64. The monoisotopic (exact) mass is 278 g/mol. The summed E-state index contributed by atoms with van der Waals surface area (Å²) >= 11 is 0. The molecule has 0 bridgehead atoms. The largest absolute Gasteiger partial charge is 0.394 e. The van der Waals surface area contributed by atoms with Crippen molar-refractivity contribution >= 4 is 11.8 Å². The number of aliphatic hydroxyl groups excluding tert-OH is 1. The minimum Gasteiger partial charge on any atom is -0.394 e. The van der Waals surface area contributed by atoms with Crippen molar-refractivity contribution in [2.45, 2.75) is 32.4 Å². The Kier molecular flexibility index (Phi) is 6.18. The van der Waals surface area contributed by atoms with E-state index >= 15 is 0 Å². The van der Waals surface area contributed by atoms with Crippen LogP contribution in [-0.4, -0.2) is 41.5 Å². The van der Waals surface area contributed by atoms with E-state index in [9.17, 15) is 9.59 Å². The van der Waals surface area contributed by atoms with Crippen molar-refractivity contribution in [2.75, 3.05) is 13.7 Å². The maximum Gasteiger partial charge on any atom is 0.225 e. The highest BCUT2D eigenvalue weighted by atomic mass is 16.3. The molecule has 0 aromatic heterocycles. The number of benzene rings is 1. The van der Waals surface area contributed by atoms with Gasteiger partial charge in [0, 0.05) is 14.0 Å². The topological polar surface area (TPSA) is 69.6 Å². The van der Waals surface area contributed by atoms with Crippen molar-refractivity contribution in [2.24, 2.45) is 0 Å². The lowest BCUT2D eigenvalue weighted by Crippen LogP contribution is -2.39. The number of rotatable bonds is 6. The smallest absolute Gasteiger partial charge is 0.225 e. The molecule has 1 rings (SSSR count). The Morgan fingerprint density at radius 3 is 2.40 bits per heavy atom. The van der Waals surface area contributed by atoms with Crippen LogP contribution in [0.15, 0.2) is 30.3 Å². The number of nitrogens with zero attached hydrogens (tertiary/aromatic N) is 1. The zero-order valence-corrected chi connectivity index (χ0v) is 12.2. The van der Waals surface area contributed by atoms with Crippen molar-refractivity contribution < 1.29 is 14.7 Å². The molecular formula is C15H22N2O3. The first-order valence-electron chi connectivity index (χ1n) is 6.64. The summed E-state index contributed by atoms with van der Waals surface area (Å²) in [4.78, 5) is 25.0. The van der Waals surface area contributed by atoms with E-state index in [-0.39, 0.29) is 36.9 Å². The molecule has 0 saturated heterocycles. The summed E-state index contributed by atoms with van der Waals surface area (Å²) in [6.07, 6.45) is 0.171. The van der Waals surface area contributed by atoms with E-state index in [1.807, 2.05) is 30.3 Å². The number of amides is 2. The van der Waals surface area contributed by atoms with Crippen molar-refractivity contribution in [1.82, 2.24) is 10.2 Å². The fourth-order valence-corrected chi connectivity index (χ4v) is 1.87. The number of carbonyl (C=O) groups is 2. The van der Waals surface area contributed by atoms with Gasteiger partial charge < -0.3 is 15.3 Å². The quantitative estimate of drug-likeness (QED) is 0.818. The number of likely N-dealkylation sites (N-methyl/N-ethyl adjacent to an activating group) is 1. The van der Waals surface area contributed by atoms with Crippen molar-refractivity contribution in [3.63, 3.8) is 0 Å². The van der Waals surface area contributed by atoms with Gasteiger partial charge in [-0.2, -0.15) is 0 Å². The minimum absolute atomic E-state index is 0.0849. The molecule has 0 spiro atoms. The number of hydrogen-bond donors (Lipinski definition) is 2. The molecule has 2 N–H and O–H groups in total. The molecule has 2 amide bonds. The third-order valence-corrected chi connectivity index (χ3v) is 3.28. The van der Waals surface area contributed by atoms with E-state index in [4.69, 9.17) is 5.11 Å². The Labute approximate surface area is 119 Å².